The maximum atomic E-state index is 6.56. The van der Waals surface area contributed by atoms with Crippen LogP contribution in [0.15, 0.2) is 101 Å². The Labute approximate surface area is 202 Å². The smallest absolute Gasteiger partial charge is 0.146 e. The van der Waals surface area contributed by atoms with Crippen LogP contribution >= 0.6 is 11.3 Å². The van der Waals surface area contributed by atoms with Gasteiger partial charge < -0.3 is 4.42 Å². The molecule has 35 heavy (non-hydrogen) atoms. The average Bonchev–Trinajstić information content (AvgIpc) is 3.58. The number of imidazole rings is 1. The molecule has 9 rings (SSSR count). The molecule has 0 radical (unpaired) electrons. The van der Waals surface area contributed by atoms with Crippen LogP contribution in [0.5, 0.6) is 0 Å². The quantitative estimate of drug-likeness (QED) is 0.210. The standard InChI is InChI=1S/C31H16N2OS/c1-5-11-26-17(7-1)19-13-14-25-29(30(19)34-26)21-15-20-18-8-2-6-12-27(18)35-28(20)16-22(21)31-32-23-9-3-4-10-24(23)33(25)31/h1-16H. The van der Waals surface area contributed by atoms with Crippen LogP contribution in [0.1, 0.15) is 0 Å². The SMILES string of the molecule is c1ccc2c(c1)nc1c3cc4sc5ccccc5c4cc3c3c4oc5ccccc5c4ccc3n21. The fraction of sp³-hybridized carbons (Fsp3) is 0. The summed E-state index contributed by atoms with van der Waals surface area (Å²) in [4.78, 5) is 5.11. The number of hydrogen-bond acceptors (Lipinski definition) is 3. The lowest BCUT2D eigenvalue weighted by Crippen LogP contribution is -1.92. The molecule has 0 bridgehead atoms. The van der Waals surface area contributed by atoms with Crippen molar-refractivity contribution >= 4 is 91.8 Å². The van der Waals surface area contributed by atoms with Gasteiger partial charge in [-0.1, -0.05) is 48.5 Å². The third-order valence-electron chi connectivity index (χ3n) is 7.35. The molecule has 4 heteroatoms. The molecule has 0 spiro atoms. The maximum Gasteiger partial charge on any atom is 0.146 e. The summed E-state index contributed by atoms with van der Waals surface area (Å²) >= 11 is 1.84. The van der Waals surface area contributed by atoms with E-state index in [1.54, 1.807) is 0 Å². The summed E-state index contributed by atoms with van der Waals surface area (Å²) in [6.07, 6.45) is 0. The van der Waals surface area contributed by atoms with E-state index < -0.39 is 0 Å². The fourth-order valence-corrected chi connectivity index (χ4v) is 6.97. The number of nitrogens with zero attached hydrogens (tertiary/aromatic N) is 2. The topological polar surface area (TPSA) is 30.4 Å². The first-order valence-corrected chi connectivity index (χ1v) is 12.5. The Balaban J connectivity index is 1.64. The van der Waals surface area contributed by atoms with Gasteiger partial charge in [-0.25, -0.2) is 4.98 Å². The van der Waals surface area contributed by atoms with Crippen molar-refractivity contribution in [3.8, 4) is 0 Å². The van der Waals surface area contributed by atoms with Crippen molar-refractivity contribution in [2.75, 3.05) is 0 Å². The summed E-state index contributed by atoms with van der Waals surface area (Å²) in [5, 5.41) is 8.36. The van der Waals surface area contributed by atoms with Gasteiger partial charge in [0.2, 0.25) is 0 Å². The zero-order chi connectivity index (χ0) is 22.7. The van der Waals surface area contributed by atoms with Crippen LogP contribution in [0.3, 0.4) is 0 Å². The van der Waals surface area contributed by atoms with Crippen molar-refractivity contribution in [3.63, 3.8) is 0 Å². The third-order valence-corrected chi connectivity index (χ3v) is 8.49. The van der Waals surface area contributed by atoms with Crippen molar-refractivity contribution in [2.45, 2.75) is 0 Å². The molecule has 3 nitrogen and oxygen atoms in total. The van der Waals surface area contributed by atoms with Gasteiger partial charge in [-0.05, 0) is 53.9 Å². The first kappa shape index (κ1) is 18.0. The monoisotopic (exact) mass is 464 g/mol. The van der Waals surface area contributed by atoms with E-state index in [0.717, 1.165) is 54.9 Å². The van der Waals surface area contributed by atoms with E-state index in [1.165, 1.54) is 25.6 Å². The predicted octanol–water partition coefficient (Wildman–Crippen LogP) is 9.06. The lowest BCUT2D eigenvalue weighted by Gasteiger charge is -2.10. The highest BCUT2D eigenvalue weighted by Crippen LogP contribution is 2.43. The van der Waals surface area contributed by atoms with Crippen LogP contribution in [0.4, 0.5) is 0 Å². The van der Waals surface area contributed by atoms with E-state index in [-0.39, 0.29) is 0 Å². The second-order valence-electron chi connectivity index (χ2n) is 9.19. The zero-order valence-corrected chi connectivity index (χ0v) is 19.3. The molecule has 0 amide bonds. The van der Waals surface area contributed by atoms with E-state index in [2.05, 4.69) is 95.4 Å². The van der Waals surface area contributed by atoms with E-state index in [0.29, 0.717) is 0 Å². The molecular formula is C31H16N2OS. The Morgan fingerprint density at radius 1 is 0.600 bits per heavy atom. The summed E-state index contributed by atoms with van der Waals surface area (Å²) in [5.41, 5.74) is 6.08. The molecule has 0 aliphatic heterocycles. The molecule has 0 aliphatic rings. The zero-order valence-electron chi connectivity index (χ0n) is 18.4. The van der Waals surface area contributed by atoms with Crippen molar-refractivity contribution in [3.05, 3.63) is 97.1 Å². The number of rotatable bonds is 0. The van der Waals surface area contributed by atoms with Crippen LogP contribution < -0.4 is 0 Å². The maximum absolute atomic E-state index is 6.56. The average molecular weight is 465 g/mol. The molecule has 4 heterocycles. The molecule has 4 aromatic heterocycles. The number of fused-ring (bicyclic) bond motifs is 15. The lowest BCUT2D eigenvalue weighted by atomic mass is 10.0. The highest BCUT2D eigenvalue weighted by Gasteiger charge is 2.20. The Morgan fingerprint density at radius 2 is 1.43 bits per heavy atom. The van der Waals surface area contributed by atoms with Crippen LogP contribution in [0.25, 0.3) is 80.5 Å². The molecule has 0 saturated heterocycles. The van der Waals surface area contributed by atoms with Gasteiger partial charge in [-0.15, -0.1) is 11.3 Å². The first-order chi connectivity index (χ1) is 17.3. The van der Waals surface area contributed by atoms with Gasteiger partial charge in [0.15, 0.2) is 0 Å². The minimum Gasteiger partial charge on any atom is -0.455 e. The third kappa shape index (κ3) is 2.18. The molecule has 9 aromatic rings. The number of aromatic nitrogens is 2. The number of benzene rings is 5. The minimum atomic E-state index is 0.917. The van der Waals surface area contributed by atoms with Crippen LogP contribution in [-0.2, 0) is 0 Å². The largest absolute Gasteiger partial charge is 0.455 e. The van der Waals surface area contributed by atoms with Crippen LogP contribution in [0, 0.1) is 0 Å². The Morgan fingerprint density at radius 3 is 2.40 bits per heavy atom. The van der Waals surface area contributed by atoms with Crippen molar-refractivity contribution in [2.24, 2.45) is 0 Å². The van der Waals surface area contributed by atoms with Crippen LogP contribution in [-0.4, -0.2) is 9.38 Å². The number of furan rings is 1. The molecule has 5 aromatic carbocycles. The highest BCUT2D eigenvalue weighted by atomic mass is 32.1. The molecule has 0 fully saturated rings. The first-order valence-electron chi connectivity index (χ1n) is 11.7. The van der Waals surface area contributed by atoms with Crippen molar-refractivity contribution < 1.29 is 4.42 Å². The van der Waals surface area contributed by atoms with Crippen molar-refractivity contribution in [1.82, 2.24) is 9.38 Å². The van der Waals surface area contributed by atoms with Gasteiger partial charge in [-0.2, -0.15) is 0 Å². The molecule has 162 valence electrons. The number of thiophene rings is 1. The molecule has 0 N–H and O–H groups in total. The highest BCUT2D eigenvalue weighted by molar-refractivity contribution is 7.25. The molecule has 0 unspecified atom stereocenters. The predicted molar refractivity (Wildman–Crippen MR) is 148 cm³/mol. The van der Waals surface area contributed by atoms with Crippen molar-refractivity contribution in [1.29, 1.82) is 0 Å². The number of pyridine rings is 1. The number of para-hydroxylation sites is 3. The van der Waals surface area contributed by atoms with E-state index in [1.807, 2.05) is 17.4 Å². The van der Waals surface area contributed by atoms with E-state index in [4.69, 9.17) is 9.40 Å². The summed E-state index contributed by atoms with van der Waals surface area (Å²) in [7, 11) is 0. The molecule has 0 atom stereocenters. The molecule has 0 aliphatic carbocycles. The van der Waals surface area contributed by atoms with Crippen LogP contribution in [0.2, 0.25) is 0 Å². The Hall–Kier alpha value is -4.41. The van der Waals surface area contributed by atoms with Gasteiger partial charge in [0.25, 0.3) is 0 Å². The number of hydrogen-bond donors (Lipinski definition) is 0. The summed E-state index contributed by atoms with van der Waals surface area (Å²) in [5.74, 6) is 0. The molecule has 0 saturated carbocycles. The van der Waals surface area contributed by atoms with Gasteiger partial charge in [0, 0.05) is 41.7 Å². The second-order valence-corrected chi connectivity index (χ2v) is 10.3. The van der Waals surface area contributed by atoms with E-state index >= 15 is 0 Å². The summed E-state index contributed by atoms with van der Waals surface area (Å²) < 4.78 is 11.5. The van der Waals surface area contributed by atoms with Gasteiger partial charge in [-0.3, -0.25) is 4.40 Å². The normalized spacial score (nSPS) is 12.6. The summed E-state index contributed by atoms with van der Waals surface area (Å²) in [6, 6.07) is 34.5. The molecular weight excluding hydrogens is 448 g/mol. The van der Waals surface area contributed by atoms with E-state index in [9.17, 15) is 0 Å². The van der Waals surface area contributed by atoms with Gasteiger partial charge in [0.05, 0.1) is 16.6 Å². The van der Waals surface area contributed by atoms with Gasteiger partial charge in [0.1, 0.15) is 16.8 Å². The lowest BCUT2D eigenvalue weighted by molar-refractivity contribution is 0.673. The van der Waals surface area contributed by atoms with Gasteiger partial charge >= 0.3 is 0 Å². The minimum absolute atomic E-state index is 0.917. The Kier molecular flexibility index (Phi) is 3.17. The second kappa shape index (κ2) is 6.17. The Bertz CT molecular complexity index is 2330. The fourth-order valence-electron chi connectivity index (χ4n) is 5.84. The summed E-state index contributed by atoms with van der Waals surface area (Å²) in [6.45, 7) is 0.